The second kappa shape index (κ2) is 9.00. The summed E-state index contributed by atoms with van der Waals surface area (Å²) in [5.74, 6) is 1.38. The molecule has 0 aliphatic rings. The molecule has 5 nitrogen and oxygen atoms in total. The maximum Gasteiger partial charge on any atom is 0.213 e. The third kappa shape index (κ3) is 6.16. The molecule has 2 aromatic rings. The summed E-state index contributed by atoms with van der Waals surface area (Å²) in [6.45, 7) is 1.77. The summed E-state index contributed by atoms with van der Waals surface area (Å²) in [7, 11) is 3.91. The maximum atomic E-state index is 5.78. The molecule has 122 valence electrons. The van der Waals surface area contributed by atoms with Crippen LogP contribution in [0.1, 0.15) is 5.56 Å². The SMILES string of the molecule is CN(C)C(=NCc1ccccc1)NCCOc1ccc(Cl)cn1. The van der Waals surface area contributed by atoms with Gasteiger partial charge in [-0.1, -0.05) is 41.9 Å². The van der Waals surface area contributed by atoms with E-state index in [1.54, 1.807) is 18.3 Å². The Morgan fingerprint density at radius 1 is 1.22 bits per heavy atom. The van der Waals surface area contributed by atoms with Crippen molar-refractivity contribution >= 4 is 17.6 Å². The van der Waals surface area contributed by atoms with E-state index in [0.717, 1.165) is 5.96 Å². The summed E-state index contributed by atoms with van der Waals surface area (Å²) in [5.41, 5.74) is 1.18. The number of hydrogen-bond donors (Lipinski definition) is 1. The predicted molar refractivity (Wildman–Crippen MR) is 94.0 cm³/mol. The molecule has 0 unspecified atom stereocenters. The molecule has 1 aromatic carbocycles. The lowest BCUT2D eigenvalue weighted by molar-refractivity contribution is 0.308. The summed E-state index contributed by atoms with van der Waals surface area (Å²) in [6.07, 6.45) is 1.57. The fraction of sp³-hybridized carbons (Fsp3) is 0.294. The lowest BCUT2D eigenvalue weighted by atomic mass is 10.2. The van der Waals surface area contributed by atoms with Crippen LogP contribution < -0.4 is 10.1 Å². The fourth-order valence-electron chi connectivity index (χ4n) is 1.87. The Kier molecular flexibility index (Phi) is 6.69. The molecule has 0 bridgehead atoms. The average molecular weight is 333 g/mol. The number of pyridine rings is 1. The van der Waals surface area contributed by atoms with Crippen molar-refractivity contribution in [2.24, 2.45) is 4.99 Å². The fourth-order valence-corrected chi connectivity index (χ4v) is 1.98. The van der Waals surface area contributed by atoms with Gasteiger partial charge in [-0.2, -0.15) is 0 Å². The van der Waals surface area contributed by atoms with Crippen LogP contribution >= 0.6 is 11.6 Å². The van der Waals surface area contributed by atoms with E-state index in [2.05, 4.69) is 27.4 Å². The van der Waals surface area contributed by atoms with Gasteiger partial charge in [-0.15, -0.1) is 0 Å². The number of aromatic nitrogens is 1. The van der Waals surface area contributed by atoms with Crippen LogP contribution in [0.25, 0.3) is 0 Å². The number of rotatable bonds is 6. The van der Waals surface area contributed by atoms with E-state index < -0.39 is 0 Å². The third-order valence-corrected chi connectivity index (χ3v) is 3.24. The van der Waals surface area contributed by atoms with Gasteiger partial charge >= 0.3 is 0 Å². The first-order valence-corrected chi connectivity index (χ1v) is 7.77. The zero-order chi connectivity index (χ0) is 16.5. The predicted octanol–water partition coefficient (Wildman–Crippen LogP) is 2.82. The molecule has 0 aliphatic carbocycles. The molecule has 0 amide bonds. The van der Waals surface area contributed by atoms with Gasteiger partial charge < -0.3 is 15.0 Å². The van der Waals surface area contributed by atoms with Crippen LogP contribution in [0.4, 0.5) is 0 Å². The van der Waals surface area contributed by atoms with Crippen LogP contribution in [0.2, 0.25) is 5.02 Å². The van der Waals surface area contributed by atoms with E-state index in [1.165, 1.54) is 5.56 Å². The van der Waals surface area contributed by atoms with Gasteiger partial charge in [0.1, 0.15) is 6.61 Å². The molecule has 0 saturated carbocycles. The van der Waals surface area contributed by atoms with Crippen molar-refractivity contribution < 1.29 is 4.74 Å². The van der Waals surface area contributed by atoms with Crippen molar-refractivity contribution in [3.63, 3.8) is 0 Å². The highest BCUT2D eigenvalue weighted by molar-refractivity contribution is 6.30. The quantitative estimate of drug-likeness (QED) is 0.502. The van der Waals surface area contributed by atoms with Gasteiger partial charge in [0.15, 0.2) is 5.96 Å². The van der Waals surface area contributed by atoms with Crippen molar-refractivity contribution in [2.75, 3.05) is 27.2 Å². The Labute approximate surface area is 142 Å². The highest BCUT2D eigenvalue weighted by Gasteiger charge is 2.02. The Bertz CT molecular complexity index is 614. The number of hydrogen-bond acceptors (Lipinski definition) is 3. The van der Waals surface area contributed by atoms with Crippen molar-refractivity contribution in [3.8, 4) is 5.88 Å². The van der Waals surface area contributed by atoms with E-state index in [1.807, 2.05) is 37.2 Å². The minimum Gasteiger partial charge on any atom is -0.476 e. The van der Waals surface area contributed by atoms with E-state index in [4.69, 9.17) is 16.3 Å². The number of nitrogens with one attached hydrogen (secondary N) is 1. The first-order valence-electron chi connectivity index (χ1n) is 7.39. The number of benzene rings is 1. The Balaban J connectivity index is 1.79. The van der Waals surface area contributed by atoms with E-state index >= 15 is 0 Å². The molecule has 2 rings (SSSR count). The van der Waals surface area contributed by atoms with E-state index in [0.29, 0.717) is 30.6 Å². The van der Waals surface area contributed by atoms with Crippen LogP contribution in [0.3, 0.4) is 0 Å². The largest absolute Gasteiger partial charge is 0.476 e. The smallest absolute Gasteiger partial charge is 0.213 e. The van der Waals surface area contributed by atoms with E-state index in [9.17, 15) is 0 Å². The molecule has 23 heavy (non-hydrogen) atoms. The maximum absolute atomic E-state index is 5.78. The van der Waals surface area contributed by atoms with Gasteiger partial charge in [0.05, 0.1) is 18.1 Å². The standard InChI is InChI=1S/C17H21ClN4O/c1-22(2)17(21-12-14-6-4-3-5-7-14)19-10-11-23-16-9-8-15(18)13-20-16/h3-9,13H,10-12H2,1-2H3,(H,19,21). The van der Waals surface area contributed by atoms with Gasteiger partial charge in [0.25, 0.3) is 0 Å². The first-order chi connectivity index (χ1) is 11.1. The van der Waals surface area contributed by atoms with E-state index in [-0.39, 0.29) is 0 Å². The van der Waals surface area contributed by atoms with Crippen LogP contribution in [-0.2, 0) is 6.54 Å². The van der Waals surface area contributed by atoms with Gasteiger partial charge in [0, 0.05) is 26.4 Å². The summed E-state index contributed by atoms with van der Waals surface area (Å²) >= 11 is 5.78. The van der Waals surface area contributed by atoms with Gasteiger partial charge in [-0.05, 0) is 11.6 Å². The lowest BCUT2D eigenvalue weighted by Gasteiger charge is -2.17. The molecular weight excluding hydrogens is 312 g/mol. The van der Waals surface area contributed by atoms with Crippen molar-refractivity contribution in [1.82, 2.24) is 15.2 Å². The number of aliphatic imine (C=N–C) groups is 1. The number of guanidine groups is 1. The average Bonchev–Trinajstić information content (AvgIpc) is 2.56. The van der Waals surface area contributed by atoms with Crippen molar-refractivity contribution in [1.29, 1.82) is 0 Å². The summed E-state index contributed by atoms with van der Waals surface area (Å²) in [4.78, 5) is 10.6. The second-order valence-electron chi connectivity index (χ2n) is 5.11. The molecule has 0 radical (unpaired) electrons. The van der Waals surface area contributed by atoms with Crippen molar-refractivity contribution in [2.45, 2.75) is 6.54 Å². The minimum absolute atomic E-state index is 0.493. The molecule has 0 aliphatic heterocycles. The van der Waals surface area contributed by atoms with Gasteiger partial charge in [-0.25, -0.2) is 9.98 Å². The summed E-state index contributed by atoms with van der Waals surface area (Å²) < 4.78 is 5.55. The highest BCUT2D eigenvalue weighted by atomic mass is 35.5. The topological polar surface area (TPSA) is 49.8 Å². The zero-order valence-corrected chi connectivity index (χ0v) is 14.1. The van der Waals surface area contributed by atoms with Crippen molar-refractivity contribution in [3.05, 3.63) is 59.2 Å². The molecule has 6 heteroatoms. The highest BCUT2D eigenvalue weighted by Crippen LogP contribution is 2.10. The lowest BCUT2D eigenvalue weighted by Crippen LogP contribution is -2.38. The minimum atomic E-state index is 0.493. The third-order valence-electron chi connectivity index (χ3n) is 3.01. The van der Waals surface area contributed by atoms with Crippen LogP contribution in [0.5, 0.6) is 5.88 Å². The molecular formula is C17H21ClN4O. The van der Waals surface area contributed by atoms with Crippen LogP contribution in [0.15, 0.2) is 53.7 Å². The molecule has 0 fully saturated rings. The number of halogens is 1. The Morgan fingerprint density at radius 3 is 2.65 bits per heavy atom. The number of nitrogens with zero attached hydrogens (tertiary/aromatic N) is 3. The second-order valence-corrected chi connectivity index (χ2v) is 5.55. The first kappa shape index (κ1) is 17.1. The molecule has 1 heterocycles. The van der Waals surface area contributed by atoms with Gasteiger partial charge in [-0.3, -0.25) is 0 Å². The Morgan fingerprint density at radius 2 is 2.00 bits per heavy atom. The zero-order valence-electron chi connectivity index (χ0n) is 13.4. The monoisotopic (exact) mass is 332 g/mol. The molecule has 1 N–H and O–H groups in total. The summed E-state index contributed by atoms with van der Waals surface area (Å²) in [6, 6.07) is 13.7. The summed E-state index contributed by atoms with van der Waals surface area (Å²) in [5, 5.41) is 3.86. The number of ether oxygens (including phenoxy) is 1. The van der Waals surface area contributed by atoms with Crippen LogP contribution in [0, 0.1) is 0 Å². The Hall–Kier alpha value is -2.27. The van der Waals surface area contributed by atoms with Crippen LogP contribution in [-0.4, -0.2) is 43.1 Å². The van der Waals surface area contributed by atoms with Gasteiger partial charge in [0.2, 0.25) is 5.88 Å². The molecule has 1 aromatic heterocycles. The molecule has 0 atom stereocenters. The normalized spacial score (nSPS) is 11.2. The molecule has 0 spiro atoms. The molecule has 0 saturated heterocycles.